The summed E-state index contributed by atoms with van der Waals surface area (Å²) in [5.74, 6) is -1.77. The Hall–Kier alpha value is -1.83. The van der Waals surface area contributed by atoms with Gasteiger partial charge in [-0.1, -0.05) is 12.1 Å². The Bertz CT molecular complexity index is 464. The van der Waals surface area contributed by atoms with E-state index in [1.54, 1.807) is 0 Å². The van der Waals surface area contributed by atoms with Gasteiger partial charge in [0.15, 0.2) is 23.8 Å². The Morgan fingerprint density at radius 1 is 1.40 bits per heavy atom. The van der Waals surface area contributed by atoms with Gasteiger partial charge in [-0.05, 0) is 19.1 Å². The summed E-state index contributed by atoms with van der Waals surface area (Å²) >= 11 is 0. The van der Waals surface area contributed by atoms with E-state index >= 15 is 0 Å². The van der Waals surface area contributed by atoms with Gasteiger partial charge in [-0.2, -0.15) is 13.2 Å². The maximum Gasteiger partial charge on any atom is 0.416 e. The molecule has 0 aromatic heterocycles. The minimum Gasteiger partial charge on any atom is -0.478 e. The number of aliphatic hydroxyl groups excluding tert-OH is 1. The molecular weight excluding hydrogens is 282 g/mol. The van der Waals surface area contributed by atoms with E-state index in [1.165, 1.54) is 25.1 Å². The monoisotopic (exact) mass is 295 g/mol. The van der Waals surface area contributed by atoms with Crippen LogP contribution in [-0.4, -0.2) is 35.9 Å². The van der Waals surface area contributed by atoms with Crippen molar-refractivity contribution >= 4 is 5.91 Å². The van der Waals surface area contributed by atoms with Crippen molar-refractivity contribution in [3.63, 3.8) is 0 Å². The third-order valence-corrected chi connectivity index (χ3v) is 2.36. The second-order valence-electron chi connectivity index (χ2n) is 3.99. The lowest BCUT2D eigenvalue weighted by Gasteiger charge is -2.18. The first-order valence-electron chi connectivity index (χ1n) is 5.65. The SMILES string of the molecule is CC(Oc1ccccc1F)C(=O)NCC(O)C(F)(F)F. The summed E-state index contributed by atoms with van der Waals surface area (Å²) in [5.41, 5.74) is 0. The Labute approximate surface area is 112 Å². The summed E-state index contributed by atoms with van der Waals surface area (Å²) in [4.78, 5) is 11.5. The maximum atomic E-state index is 13.2. The molecule has 1 aromatic carbocycles. The molecule has 2 atom stereocenters. The average Bonchev–Trinajstić information content (AvgIpc) is 2.36. The van der Waals surface area contributed by atoms with Gasteiger partial charge >= 0.3 is 6.18 Å². The van der Waals surface area contributed by atoms with Gasteiger partial charge in [0.05, 0.1) is 6.54 Å². The zero-order valence-electron chi connectivity index (χ0n) is 10.4. The number of carbonyl (C=O) groups is 1. The average molecular weight is 295 g/mol. The van der Waals surface area contributed by atoms with Crippen LogP contribution in [0.15, 0.2) is 24.3 Å². The lowest BCUT2D eigenvalue weighted by molar-refractivity contribution is -0.202. The predicted octanol–water partition coefficient (Wildman–Crippen LogP) is 1.63. The van der Waals surface area contributed by atoms with Gasteiger partial charge in [-0.3, -0.25) is 4.79 Å². The van der Waals surface area contributed by atoms with Gasteiger partial charge < -0.3 is 15.2 Å². The number of amides is 1. The van der Waals surface area contributed by atoms with Crippen LogP contribution in [-0.2, 0) is 4.79 Å². The first kappa shape index (κ1) is 16.2. The van der Waals surface area contributed by atoms with Gasteiger partial charge in [0.1, 0.15) is 0 Å². The number of para-hydroxylation sites is 1. The predicted molar refractivity (Wildman–Crippen MR) is 61.6 cm³/mol. The van der Waals surface area contributed by atoms with Gasteiger partial charge in [-0.15, -0.1) is 0 Å². The summed E-state index contributed by atoms with van der Waals surface area (Å²) < 4.78 is 54.3. The van der Waals surface area contributed by atoms with Crippen LogP contribution in [0.5, 0.6) is 5.75 Å². The first-order chi connectivity index (χ1) is 9.21. The number of benzene rings is 1. The Morgan fingerprint density at radius 3 is 2.55 bits per heavy atom. The highest BCUT2D eigenvalue weighted by Crippen LogP contribution is 2.19. The molecule has 0 saturated carbocycles. The lowest BCUT2D eigenvalue weighted by atomic mass is 10.3. The van der Waals surface area contributed by atoms with Gasteiger partial charge in [-0.25, -0.2) is 4.39 Å². The summed E-state index contributed by atoms with van der Waals surface area (Å²) in [6.45, 7) is 0.259. The molecule has 0 heterocycles. The van der Waals surface area contributed by atoms with Gasteiger partial charge in [0, 0.05) is 0 Å². The Kier molecular flexibility index (Phi) is 5.32. The molecule has 112 valence electrons. The zero-order chi connectivity index (χ0) is 15.3. The van der Waals surface area contributed by atoms with Crippen molar-refractivity contribution in [3.05, 3.63) is 30.1 Å². The number of carbonyl (C=O) groups excluding carboxylic acids is 1. The lowest BCUT2D eigenvalue weighted by Crippen LogP contribution is -2.44. The second kappa shape index (κ2) is 6.56. The molecule has 0 spiro atoms. The molecule has 4 nitrogen and oxygen atoms in total. The maximum absolute atomic E-state index is 13.2. The van der Waals surface area contributed by atoms with Crippen molar-refractivity contribution < 1.29 is 32.2 Å². The molecule has 0 radical (unpaired) electrons. The molecule has 1 rings (SSSR count). The highest BCUT2D eigenvalue weighted by atomic mass is 19.4. The van der Waals surface area contributed by atoms with Crippen molar-refractivity contribution in [2.45, 2.75) is 25.3 Å². The van der Waals surface area contributed by atoms with E-state index in [1.807, 2.05) is 5.32 Å². The van der Waals surface area contributed by atoms with E-state index in [2.05, 4.69) is 0 Å². The number of halogens is 4. The largest absolute Gasteiger partial charge is 0.478 e. The van der Waals surface area contributed by atoms with Crippen molar-refractivity contribution in [1.29, 1.82) is 0 Å². The third kappa shape index (κ3) is 4.69. The molecule has 2 unspecified atom stereocenters. The molecule has 20 heavy (non-hydrogen) atoms. The summed E-state index contributed by atoms with van der Waals surface area (Å²) in [6, 6.07) is 5.31. The fourth-order valence-corrected chi connectivity index (χ4v) is 1.24. The molecule has 2 N–H and O–H groups in total. The molecule has 8 heteroatoms. The van der Waals surface area contributed by atoms with Gasteiger partial charge in [0.25, 0.3) is 5.91 Å². The zero-order valence-corrected chi connectivity index (χ0v) is 10.4. The number of hydrogen-bond acceptors (Lipinski definition) is 3. The highest BCUT2D eigenvalue weighted by Gasteiger charge is 2.38. The number of aliphatic hydroxyl groups is 1. The Balaban J connectivity index is 2.50. The summed E-state index contributed by atoms with van der Waals surface area (Å²) in [5, 5.41) is 10.6. The highest BCUT2D eigenvalue weighted by molar-refractivity contribution is 5.80. The number of nitrogens with one attached hydrogen (secondary N) is 1. The van der Waals surface area contributed by atoms with Gasteiger partial charge in [0.2, 0.25) is 0 Å². The van der Waals surface area contributed by atoms with E-state index in [0.717, 1.165) is 6.07 Å². The summed E-state index contributed by atoms with van der Waals surface area (Å²) in [6.07, 6.45) is -8.68. The minimum absolute atomic E-state index is 0.188. The normalized spacial score (nSPS) is 14.5. The van der Waals surface area contributed by atoms with E-state index < -0.39 is 36.7 Å². The molecule has 0 aliphatic rings. The molecule has 0 aliphatic carbocycles. The number of rotatable bonds is 5. The van der Waals surface area contributed by atoms with Crippen molar-refractivity contribution in [3.8, 4) is 5.75 Å². The van der Waals surface area contributed by atoms with Crippen molar-refractivity contribution in [2.75, 3.05) is 6.54 Å². The minimum atomic E-state index is -4.82. The molecule has 0 aliphatic heterocycles. The van der Waals surface area contributed by atoms with E-state index in [9.17, 15) is 22.4 Å². The molecule has 0 fully saturated rings. The number of ether oxygens (including phenoxy) is 1. The third-order valence-electron chi connectivity index (χ3n) is 2.36. The molecule has 1 amide bonds. The van der Waals surface area contributed by atoms with Crippen LogP contribution in [0, 0.1) is 5.82 Å². The smallest absolute Gasteiger partial charge is 0.416 e. The number of hydrogen-bond donors (Lipinski definition) is 2. The van der Waals surface area contributed by atoms with E-state index in [0.29, 0.717) is 0 Å². The van der Waals surface area contributed by atoms with Crippen molar-refractivity contribution in [1.82, 2.24) is 5.32 Å². The van der Waals surface area contributed by atoms with Crippen LogP contribution in [0.25, 0.3) is 0 Å². The molecule has 0 saturated heterocycles. The fraction of sp³-hybridized carbons (Fsp3) is 0.417. The summed E-state index contributed by atoms with van der Waals surface area (Å²) in [7, 11) is 0. The fourth-order valence-electron chi connectivity index (χ4n) is 1.24. The first-order valence-corrected chi connectivity index (χ1v) is 5.65. The molecule has 1 aromatic rings. The van der Waals surface area contributed by atoms with Crippen molar-refractivity contribution in [2.24, 2.45) is 0 Å². The van der Waals surface area contributed by atoms with Crippen LogP contribution >= 0.6 is 0 Å². The molecular formula is C12H13F4NO3. The van der Waals surface area contributed by atoms with Crippen LogP contribution in [0.4, 0.5) is 17.6 Å². The van der Waals surface area contributed by atoms with E-state index in [4.69, 9.17) is 9.84 Å². The topological polar surface area (TPSA) is 58.6 Å². The van der Waals surface area contributed by atoms with Crippen LogP contribution in [0.3, 0.4) is 0 Å². The standard InChI is InChI=1S/C12H13F4NO3/c1-7(20-9-5-3-2-4-8(9)13)11(19)17-6-10(18)12(14,15)16/h2-5,7,10,18H,6H2,1H3,(H,17,19). The molecule has 0 bridgehead atoms. The van der Waals surface area contributed by atoms with Crippen LogP contribution in [0.2, 0.25) is 0 Å². The van der Waals surface area contributed by atoms with Crippen LogP contribution < -0.4 is 10.1 Å². The Morgan fingerprint density at radius 2 is 2.00 bits per heavy atom. The van der Waals surface area contributed by atoms with Crippen LogP contribution in [0.1, 0.15) is 6.92 Å². The van der Waals surface area contributed by atoms with E-state index in [-0.39, 0.29) is 5.75 Å². The second-order valence-corrected chi connectivity index (χ2v) is 3.99. The quantitative estimate of drug-likeness (QED) is 0.812. The number of alkyl halides is 3.